The second kappa shape index (κ2) is 11.7. The van der Waals surface area contributed by atoms with Crippen LogP contribution < -0.4 is 16.2 Å². The molecule has 6 rings (SSSR count). The highest BCUT2D eigenvalue weighted by molar-refractivity contribution is 7.90. The van der Waals surface area contributed by atoms with Crippen LogP contribution in [0, 0.1) is 0 Å². The molecule has 1 aliphatic rings. The summed E-state index contributed by atoms with van der Waals surface area (Å²) in [5.41, 5.74) is 3.62. The number of nitrogens with zero attached hydrogens (tertiary/aromatic N) is 3. The van der Waals surface area contributed by atoms with E-state index in [0.717, 1.165) is 37.9 Å². The molecule has 0 unspecified atom stereocenters. The van der Waals surface area contributed by atoms with Crippen molar-refractivity contribution in [1.29, 1.82) is 0 Å². The van der Waals surface area contributed by atoms with Crippen LogP contribution >= 0.6 is 11.6 Å². The summed E-state index contributed by atoms with van der Waals surface area (Å²) in [5.74, 6) is 0.876. The van der Waals surface area contributed by atoms with Gasteiger partial charge in [-0.2, -0.15) is 4.98 Å². The van der Waals surface area contributed by atoms with Gasteiger partial charge in [-0.05, 0) is 73.3 Å². The molecule has 10 heteroatoms. The molecule has 5 aromatic rings. The average Bonchev–Trinajstić information content (AvgIpc) is 2.99. The Balaban J connectivity index is 1.43. The zero-order valence-corrected chi connectivity index (χ0v) is 24.6. The van der Waals surface area contributed by atoms with Crippen molar-refractivity contribution in [3.63, 3.8) is 0 Å². The lowest BCUT2D eigenvalue weighted by Crippen LogP contribution is -2.26. The van der Waals surface area contributed by atoms with Gasteiger partial charge in [0.1, 0.15) is 5.65 Å². The number of piperidine rings is 1. The summed E-state index contributed by atoms with van der Waals surface area (Å²) in [6.07, 6.45) is 5.06. The van der Waals surface area contributed by atoms with Gasteiger partial charge in [0.15, 0.2) is 9.84 Å². The monoisotopic (exact) mass is 599 g/mol. The summed E-state index contributed by atoms with van der Waals surface area (Å²) in [7, 11) is -3.53. The van der Waals surface area contributed by atoms with E-state index in [4.69, 9.17) is 16.6 Å². The normalized spacial score (nSPS) is 14.2. The van der Waals surface area contributed by atoms with E-state index in [2.05, 4.69) is 27.8 Å². The van der Waals surface area contributed by atoms with E-state index in [-0.39, 0.29) is 17.0 Å². The minimum Gasteiger partial charge on any atom is -0.324 e. The maximum Gasteiger partial charge on any atom is 0.260 e. The van der Waals surface area contributed by atoms with Gasteiger partial charge in [0.25, 0.3) is 5.56 Å². The fourth-order valence-corrected chi connectivity index (χ4v) is 6.70. The molecule has 8 nitrogen and oxygen atoms in total. The minimum absolute atomic E-state index is 0.00172. The van der Waals surface area contributed by atoms with Gasteiger partial charge in [0.2, 0.25) is 5.95 Å². The first-order valence-corrected chi connectivity index (χ1v) is 16.1. The molecule has 0 atom stereocenters. The number of rotatable bonds is 7. The number of hydrogen-bond acceptors (Lipinski definition) is 7. The molecule has 1 fully saturated rings. The first kappa shape index (κ1) is 28.1. The molecule has 2 aromatic heterocycles. The first-order chi connectivity index (χ1) is 20.3. The molecule has 0 aliphatic carbocycles. The van der Waals surface area contributed by atoms with Crippen LogP contribution in [0.5, 0.6) is 0 Å². The quantitative estimate of drug-likeness (QED) is 0.244. The predicted molar refractivity (Wildman–Crippen MR) is 167 cm³/mol. The summed E-state index contributed by atoms with van der Waals surface area (Å²) >= 11 is 6.48. The maximum atomic E-state index is 14.0. The second-order valence-electron chi connectivity index (χ2n) is 10.6. The summed E-state index contributed by atoms with van der Waals surface area (Å²) in [4.78, 5) is 23.5. The molecule has 0 radical (unpaired) electrons. The molecule has 3 aromatic carbocycles. The number of benzene rings is 3. The van der Waals surface area contributed by atoms with Crippen LogP contribution in [-0.4, -0.2) is 42.3 Å². The highest BCUT2D eigenvalue weighted by atomic mass is 35.5. The van der Waals surface area contributed by atoms with E-state index in [1.165, 1.54) is 10.1 Å². The Bertz CT molecular complexity index is 1940. The first-order valence-electron chi connectivity index (χ1n) is 13.8. The lowest BCUT2D eigenvalue weighted by Gasteiger charge is -2.23. The third-order valence-electron chi connectivity index (χ3n) is 7.67. The smallest absolute Gasteiger partial charge is 0.260 e. The van der Waals surface area contributed by atoms with Gasteiger partial charge in [0, 0.05) is 39.7 Å². The van der Waals surface area contributed by atoms with Crippen LogP contribution in [-0.2, 0) is 16.4 Å². The van der Waals surface area contributed by atoms with Crippen molar-refractivity contribution in [2.45, 2.75) is 30.2 Å². The number of aromatic nitrogens is 3. The van der Waals surface area contributed by atoms with E-state index in [0.29, 0.717) is 44.6 Å². The van der Waals surface area contributed by atoms with E-state index < -0.39 is 9.84 Å². The highest BCUT2D eigenvalue weighted by Gasteiger charge is 2.19. The van der Waals surface area contributed by atoms with Gasteiger partial charge in [-0.1, -0.05) is 60.1 Å². The van der Waals surface area contributed by atoms with Crippen molar-refractivity contribution >= 4 is 44.1 Å². The van der Waals surface area contributed by atoms with Gasteiger partial charge in [0.05, 0.1) is 11.4 Å². The molecule has 1 saturated heterocycles. The van der Waals surface area contributed by atoms with Gasteiger partial charge in [-0.25, -0.2) is 13.4 Å². The molecule has 2 N–H and O–H groups in total. The van der Waals surface area contributed by atoms with Crippen LogP contribution in [0.4, 0.5) is 11.6 Å². The zero-order valence-electron chi connectivity index (χ0n) is 23.0. The Morgan fingerprint density at radius 2 is 1.69 bits per heavy atom. The van der Waals surface area contributed by atoms with Crippen molar-refractivity contribution in [3.8, 4) is 11.1 Å². The minimum atomic E-state index is -3.53. The fraction of sp³-hybridized carbons (Fsp3) is 0.219. The third kappa shape index (κ3) is 5.81. The number of halogens is 1. The van der Waals surface area contributed by atoms with Crippen LogP contribution in [0.3, 0.4) is 0 Å². The summed E-state index contributed by atoms with van der Waals surface area (Å²) in [5, 5.41) is 7.72. The molecule has 0 spiro atoms. The van der Waals surface area contributed by atoms with E-state index in [9.17, 15) is 13.2 Å². The topological polar surface area (TPSA) is 106 Å². The van der Waals surface area contributed by atoms with Gasteiger partial charge >= 0.3 is 0 Å². The standard InChI is InChI=1S/C32H30ClN5O3S/c1-42(40,41)29-9-5-2-6-23(29)20-38-30-24(18-27(31(38)39)26-7-3-4-8-28(26)33)19-35-32(37-30)36-25-12-10-21(11-13-25)22-14-16-34-17-15-22/h2-13,18-19,22,34H,14-17,20H2,1H3,(H,35,36,37). The molecule has 0 bridgehead atoms. The Morgan fingerprint density at radius 3 is 2.43 bits per heavy atom. The number of pyridine rings is 1. The fourth-order valence-electron chi connectivity index (χ4n) is 5.53. The molecule has 3 heterocycles. The molecule has 1 aliphatic heterocycles. The molecule has 0 saturated carbocycles. The van der Waals surface area contributed by atoms with E-state index in [1.54, 1.807) is 54.7 Å². The van der Waals surface area contributed by atoms with Crippen molar-refractivity contribution < 1.29 is 8.42 Å². The summed E-state index contributed by atoms with van der Waals surface area (Å²) in [6.45, 7) is 2.06. The zero-order chi connectivity index (χ0) is 29.3. The molecule has 0 amide bonds. The SMILES string of the molecule is CS(=O)(=O)c1ccccc1Cn1c(=O)c(-c2ccccc2Cl)cc2cnc(Nc3ccc(C4CCNCC4)cc3)nc21. The molecule has 214 valence electrons. The number of anilines is 2. The average molecular weight is 600 g/mol. The predicted octanol–water partition coefficient (Wildman–Crippen LogP) is 5.77. The maximum absolute atomic E-state index is 14.0. The number of sulfone groups is 1. The van der Waals surface area contributed by atoms with Gasteiger partial charge in [-0.15, -0.1) is 0 Å². The summed E-state index contributed by atoms with van der Waals surface area (Å²) < 4.78 is 26.6. The van der Waals surface area contributed by atoms with Crippen molar-refractivity contribution in [1.82, 2.24) is 19.9 Å². The molecule has 42 heavy (non-hydrogen) atoms. The lowest BCUT2D eigenvalue weighted by atomic mass is 9.90. The van der Waals surface area contributed by atoms with E-state index >= 15 is 0 Å². The van der Waals surface area contributed by atoms with Gasteiger partial charge < -0.3 is 10.6 Å². The van der Waals surface area contributed by atoms with Crippen molar-refractivity contribution in [2.75, 3.05) is 24.7 Å². The Morgan fingerprint density at radius 1 is 0.976 bits per heavy atom. The number of nitrogens with one attached hydrogen (secondary N) is 2. The number of hydrogen-bond donors (Lipinski definition) is 2. The summed E-state index contributed by atoms with van der Waals surface area (Å²) in [6, 6.07) is 23.8. The Kier molecular flexibility index (Phi) is 7.81. The largest absolute Gasteiger partial charge is 0.324 e. The number of fused-ring (bicyclic) bond motifs is 1. The Hall–Kier alpha value is -4.05. The van der Waals surface area contributed by atoms with Crippen LogP contribution in [0.25, 0.3) is 22.2 Å². The van der Waals surface area contributed by atoms with Crippen LogP contribution in [0.2, 0.25) is 5.02 Å². The lowest BCUT2D eigenvalue weighted by molar-refractivity contribution is 0.460. The van der Waals surface area contributed by atoms with Gasteiger partial charge in [-0.3, -0.25) is 9.36 Å². The Labute approximate surface area is 249 Å². The van der Waals surface area contributed by atoms with Crippen molar-refractivity contribution in [3.05, 3.63) is 112 Å². The van der Waals surface area contributed by atoms with E-state index in [1.807, 2.05) is 18.2 Å². The highest BCUT2D eigenvalue weighted by Crippen LogP contribution is 2.29. The molecular formula is C32H30ClN5O3S. The molecular weight excluding hydrogens is 570 g/mol. The second-order valence-corrected chi connectivity index (χ2v) is 12.9. The third-order valence-corrected chi connectivity index (χ3v) is 9.20. The van der Waals surface area contributed by atoms with Crippen molar-refractivity contribution in [2.24, 2.45) is 0 Å². The van der Waals surface area contributed by atoms with Crippen LogP contribution in [0.1, 0.15) is 29.9 Å². The van der Waals surface area contributed by atoms with Crippen LogP contribution in [0.15, 0.2) is 94.7 Å².